The van der Waals surface area contributed by atoms with E-state index < -0.39 is 11.9 Å². The molecule has 2 fully saturated rings. The van der Waals surface area contributed by atoms with Crippen LogP contribution in [0.2, 0.25) is 0 Å². The zero-order chi connectivity index (χ0) is 16.3. The molecular formula is C18H23NO3S. The number of hydrogen-bond acceptors (Lipinski definition) is 3. The summed E-state index contributed by atoms with van der Waals surface area (Å²) in [5.41, 5.74) is 0. The van der Waals surface area contributed by atoms with Gasteiger partial charge in [0.1, 0.15) is 0 Å². The van der Waals surface area contributed by atoms with Crippen LogP contribution >= 0.6 is 11.8 Å². The lowest BCUT2D eigenvalue weighted by atomic mass is 9.73. The maximum Gasteiger partial charge on any atom is 0.307 e. The van der Waals surface area contributed by atoms with Gasteiger partial charge < -0.3 is 10.4 Å². The molecule has 0 bridgehead atoms. The fraction of sp³-hybridized carbons (Fsp3) is 0.556. The average Bonchev–Trinajstić information content (AvgIpc) is 2.93. The second-order valence-corrected chi connectivity index (χ2v) is 8.19. The number of carbonyl (C=O) groups is 2. The summed E-state index contributed by atoms with van der Waals surface area (Å²) in [7, 11) is 0. The third kappa shape index (κ3) is 3.71. The van der Waals surface area contributed by atoms with Crippen LogP contribution in [0.1, 0.15) is 38.5 Å². The lowest BCUT2D eigenvalue weighted by Crippen LogP contribution is -2.47. The van der Waals surface area contributed by atoms with Crippen molar-refractivity contribution in [2.45, 2.75) is 48.2 Å². The molecule has 0 aliphatic heterocycles. The predicted molar refractivity (Wildman–Crippen MR) is 90.4 cm³/mol. The highest BCUT2D eigenvalue weighted by Gasteiger charge is 2.42. The molecule has 124 valence electrons. The molecule has 2 unspecified atom stereocenters. The number of amides is 1. The Morgan fingerprint density at radius 3 is 2.35 bits per heavy atom. The van der Waals surface area contributed by atoms with Crippen LogP contribution in [0, 0.1) is 11.8 Å². The second-order valence-electron chi connectivity index (χ2n) is 6.65. The first-order chi connectivity index (χ1) is 11.1. The summed E-state index contributed by atoms with van der Waals surface area (Å²) in [5, 5.41) is 12.1. The molecule has 0 aromatic heterocycles. The molecule has 0 saturated heterocycles. The van der Waals surface area contributed by atoms with Gasteiger partial charge >= 0.3 is 5.97 Å². The Bertz CT molecular complexity index is 569. The van der Waals surface area contributed by atoms with E-state index in [1.54, 1.807) is 0 Å². The minimum absolute atomic E-state index is 0.0550. The van der Waals surface area contributed by atoms with Gasteiger partial charge in [-0.1, -0.05) is 31.0 Å². The minimum Gasteiger partial charge on any atom is -0.481 e. The molecule has 0 radical (unpaired) electrons. The summed E-state index contributed by atoms with van der Waals surface area (Å²) >= 11 is 1.85. The summed E-state index contributed by atoms with van der Waals surface area (Å²) in [4.78, 5) is 24.6. The van der Waals surface area contributed by atoms with E-state index in [9.17, 15) is 9.59 Å². The van der Waals surface area contributed by atoms with E-state index >= 15 is 0 Å². The van der Waals surface area contributed by atoms with Crippen molar-refractivity contribution >= 4 is 23.6 Å². The fourth-order valence-corrected chi connectivity index (χ4v) is 4.99. The summed E-state index contributed by atoms with van der Waals surface area (Å²) in [6, 6.07) is 10.3. The minimum atomic E-state index is -0.842. The van der Waals surface area contributed by atoms with Gasteiger partial charge in [-0.3, -0.25) is 9.59 Å². The Morgan fingerprint density at radius 1 is 1.13 bits per heavy atom. The van der Waals surface area contributed by atoms with Gasteiger partial charge in [-0.25, -0.2) is 0 Å². The summed E-state index contributed by atoms with van der Waals surface area (Å²) in [6.07, 6.45) is 5.90. The molecular weight excluding hydrogens is 310 g/mol. The van der Waals surface area contributed by atoms with Crippen molar-refractivity contribution in [1.82, 2.24) is 5.32 Å². The zero-order valence-electron chi connectivity index (χ0n) is 13.2. The van der Waals surface area contributed by atoms with E-state index in [1.807, 2.05) is 30.0 Å². The maximum atomic E-state index is 12.3. The van der Waals surface area contributed by atoms with Gasteiger partial charge in [-0.05, 0) is 37.8 Å². The second kappa shape index (κ2) is 6.95. The van der Waals surface area contributed by atoms with E-state index in [1.165, 1.54) is 17.7 Å². The van der Waals surface area contributed by atoms with Gasteiger partial charge in [0.25, 0.3) is 0 Å². The molecule has 2 saturated carbocycles. The van der Waals surface area contributed by atoms with E-state index in [4.69, 9.17) is 5.11 Å². The first kappa shape index (κ1) is 16.4. The van der Waals surface area contributed by atoms with E-state index in [0.29, 0.717) is 19.4 Å². The fourth-order valence-electron chi connectivity index (χ4n) is 3.56. The Kier molecular flexibility index (Phi) is 4.95. The van der Waals surface area contributed by atoms with Crippen LogP contribution in [-0.2, 0) is 9.59 Å². The smallest absolute Gasteiger partial charge is 0.307 e. The first-order valence-electron chi connectivity index (χ1n) is 8.34. The van der Waals surface area contributed by atoms with Gasteiger partial charge in [-0.15, -0.1) is 11.8 Å². The average molecular weight is 333 g/mol. The monoisotopic (exact) mass is 333 g/mol. The Labute approximate surface area is 141 Å². The predicted octanol–water partition coefficient (Wildman–Crippen LogP) is 3.32. The molecule has 2 atom stereocenters. The third-order valence-electron chi connectivity index (χ3n) is 5.11. The summed E-state index contributed by atoms with van der Waals surface area (Å²) in [5.74, 6) is -1.75. The molecule has 4 nitrogen and oxygen atoms in total. The lowest BCUT2D eigenvalue weighted by Gasteiger charge is -2.34. The van der Waals surface area contributed by atoms with Crippen molar-refractivity contribution in [3.8, 4) is 0 Å². The quantitative estimate of drug-likeness (QED) is 0.838. The van der Waals surface area contributed by atoms with Crippen LogP contribution < -0.4 is 5.32 Å². The Balaban J connectivity index is 1.59. The SMILES string of the molecule is O=C(O)C1CCC1C(=O)NCC1(Sc2ccccc2)CCCC1. The van der Waals surface area contributed by atoms with Crippen molar-refractivity contribution in [2.24, 2.45) is 11.8 Å². The molecule has 2 aliphatic rings. The number of benzene rings is 1. The van der Waals surface area contributed by atoms with Crippen LogP contribution in [0.25, 0.3) is 0 Å². The highest BCUT2D eigenvalue weighted by atomic mass is 32.2. The molecule has 3 rings (SSSR count). The lowest BCUT2D eigenvalue weighted by molar-refractivity contribution is -0.152. The standard InChI is InChI=1S/C18H23NO3S/c20-16(14-8-9-15(14)17(21)22)19-12-18(10-4-5-11-18)23-13-6-2-1-3-7-13/h1-3,6-7,14-15H,4-5,8-12H2,(H,19,20)(H,21,22). The van der Waals surface area contributed by atoms with Crippen LogP contribution in [-0.4, -0.2) is 28.3 Å². The summed E-state index contributed by atoms with van der Waals surface area (Å²) < 4.78 is 0.0550. The Morgan fingerprint density at radius 2 is 1.78 bits per heavy atom. The Hall–Kier alpha value is -1.49. The van der Waals surface area contributed by atoms with Gasteiger partial charge in [0, 0.05) is 16.2 Å². The number of carboxylic acid groups (broad SMARTS) is 1. The summed E-state index contributed by atoms with van der Waals surface area (Å²) in [6.45, 7) is 0.633. The number of aliphatic carboxylic acids is 1. The molecule has 23 heavy (non-hydrogen) atoms. The molecule has 2 aliphatic carbocycles. The third-order valence-corrected chi connectivity index (χ3v) is 6.60. The van der Waals surface area contributed by atoms with E-state index in [0.717, 1.165) is 12.8 Å². The molecule has 0 spiro atoms. The maximum absolute atomic E-state index is 12.3. The molecule has 1 aromatic rings. The number of carbonyl (C=O) groups excluding carboxylic acids is 1. The largest absolute Gasteiger partial charge is 0.481 e. The number of thioether (sulfide) groups is 1. The number of nitrogens with one attached hydrogen (secondary N) is 1. The molecule has 2 N–H and O–H groups in total. The van der Waals surface area contributed by atoms with Gasteiger partial charge in [-0.2, -0.15) is 0 Å². The zero-order valence-corrected chi connectivity index (χ0v) is 14.0. The number of rotatable bonds is 6. The van der Waals surface area contributed by atoms with Crippen molar-refractivity contribution < 1.29 is 14.7 Å². The van der Waals surface area contributed by atoms with E-state index in [-0.39, 0.29) is 16.6 Å². The van der Waals surface area contributed by atoms with Crippen LogP contribution in [0.5, 0.6) is 0 Å². The molecule has 1 amide bonds. The van der Waals surface area contributed by atoms with Crippen molar-refractivity contribution in [1.29, 1.82) is 0 Å². The van der Waals surface area contributed by atoms with Gasteiger partial charge in [0.2, 0.25) is 5.91 Å². The first-order valence-corrected chi connectivity index (χ1v) is 9.16. The van der Waals surface area contributed by atoms with Crippen LogP contribution in [0.3, 0.4) is 0 Å². The highest BCUT2D eigenvalue weighted by molar-refractivity contribution is 8.00. The molecule has 0 heterocycles. The molecule has 5 heteroatoms. The van der Waals surface area contributed by atoms with Crippen molar-refractivity contribution in [3.05, 3.63) is 30.3 Å². The highest BCUT2D eigenvalue weighted by Crippen LogP contribution is 2.45. The van der Waals surface area contributed by atoms with Gasteiger partial charge in [0.05, 0.1) is 11.8 Å². The topological polar surface area (TPSA) is 66.4 Å². The normalized spacial score (nSPS) is 25.6. The van der Waals surface area contributed by atoms with Crippen LogP contribution in [0.4, 0.5) is 0 Å². The van der Waals surface area contributed by atoms with Crippen molar-refractivity contribution in [3.63, 3.8) is 0 Å². The molecule has 1 aromatic carbocycles. The number of carboxylic acids is 1. The van der Waals surface area contributed by atoms with Gasteiger partial charge in [0.15, 0.2) is 0 Å². The number of hydrogen-bond donors (Lipinski definition) is 2. The van der Waals surface area contributed by atoms with E-state index in [2.05, 4.69) is 17.4 Å². The van der Waals surface area contributed by atoms with Crippen LogP contribution in [0.15, 0.2) is 35.2 Å². The van der Waals surface area contributed by atoms with Crippen molar-refractivity contribution in [2.75, 3.05) is 6.54 Å².